The zero-order valence-electron chi connectivity index (χ0n) is 22.9. The van der Waals surface area contributed by atoms with Gasteiger partial charge < -0.3 is 19.0 Å². The number of carbonyl (C=O) groups is 1. The van der Waals surface area contributed by atoms with Gasteiger partial charge in [-0.15, -0.1) is 0 Å². The molecule has 0 aliphatic carbocycles. The van der Waals surface area contributed by atoms with E-state index in [0.29, 0.717) is 17.4 Å². The maximum absolute atomic E-state index is 12.7. The molecule has 7 nitrogen and oxygen atoms in total. The Morgan fingerprint density at radius 1 is 1.19 bits per heavy atom. The molecule has 1 aliphatic rings. The molecule has 1 saturated heterocycles. The first-order valence-electron chi connectivity index (χ1n) is 13.7. The number of aromatic amines is 1. The Morgan fingerprint density at radius 3 is 2.62 bits per heavy atom. The highest BCUT2D eigenvalue weighted by atomic mass is 16.5. The maximum Gasteiger partial charge on any atom is 0.309 e. The fraction of sp³-hybridized carbons (Fsp3) is 0.567. The number of fused-ring (bicyclic) bond motifs is 1. The summed E-state index contributed by atoms with van der Waals surface area (Å²) < 4.78 is 13.4. The third-order valence-corrected chi connectivity index (χ3v) is 7.16. The van der Waals surface area contributed by atoms with E-state index in [1.807, 2.05) is 26.8 Å². The fourth-order valence-electron chi connectivity index (χ4n) is 5.22. The number of rotatable bonds is 10. The van der Waals surface area contributed by atoms with Crippen molar-refractivity contribution in [3.8, 4) is 11.4 Å². The van der Waals surface area contributed by atoms with Gasteiger partial charge in [-0.1, -0.05) is 19.9 Å². The quantitative estimate of drug-likeness (QED) is 0.357. The van der Waals surface area contributed by atoms with Crippen molar-refractivity contribution in [2.24, 2.45) is 17.8 Å². The second-order valence-corrected chi connectivity index (χ2v) is 11.2. The topological polar surface area (TPSA) is 86.2 Å². The van der Waals surface area contributed by atoms with Gasteiger partial charge in [-0.3, -0.25) is 9.59 Å². The van der Waals surface area contributed by atoms with Gasteiger partial charge in [0.25, 0.3) is 5.56 Å². The zero-order valence-corrected chi connectivity index (χ0v) is 22.9. The lowest BCUT2D eigenvalue weighted by molar-refractivity contribution is -0.153. The molecule has 1 fully saturated rings. The molecule has 37 heavy (non-hydrogen) atoms. The molecule has 0 unspecified atom stereocenters. The second kappa shape index (κ2) is 12.1. The van der Waals surface area contributed by atoms with Crippen molar-refractivity contribution in [1.29, 1.82) is 0 Å². The Hall–Kier alpha value is -2.93. The smallest absolute Gasteiger partial charge is 0.309 e. The van der Waals surface area contributed by atoms with Crippen LogP contribution in [0.1, 0.15) is 64.5 Å². The number of H-pyrrole nitrogens is 1. The lowest BCUT2D eigenvalue weighted by atomic mass is 9.91. The molecular formula is C30H41N3O4. The number of pyridine rings is 1. The summed E-state index contributed by atoms with van der Waals surface area (Å²) in [6.45, 7) is 12.4. The molecule has 0 saturated carbocycles. The summed E-state index contributed by atoms with van der Waals surface area (Å²) in [5.74, 6) is 1.62. The van der Waals surface area contributed by atoms with Crippen LogP contribution in [0.3, 0.4) is 0 Å². The number of ether oxygens (including phenoxy) is 2. The van der Waals surface area contributed by atoms with E-state index in [-0.39, 0.29) is 23.6 Å². The number of benzene rings is 1. The summed E-state index contributed by atoms with van der Waals surface area (Å²) in [5, 5.41) is 0. The Balaban J connectivity index is 1.63. The van der Waals surface area contributed by atoms with E-state index in [2.05, 4.69) is 41.6 Å². The van der Waals surface area contributed by atoms with Crippen LogP contribution in [0.25, 0.3) is 22.4 Å². The SMILES string of the molecule is Cc1cc(-c2nc3cc(CC[C@@H](CC(C)C)C(=O)OC(C)C)ccc3n2CC2CCOCC2)c[nH]c1=O. The first-order valence-corrected chi connectivity index (χ1v) is 13.7. The number of esters is 1. The molecule has 0 amide bonds. The van der Waals surface area contributed by atoms with Crippen molar-refractivity contribution in [2.45, 2.75) is 79.4 Å². The molecule has 1 aliphatic heterocycles. The van der Waals surface area contributed by atoms with Gasteiger partial charge in [0.1, 0.15) is 5.82 Å². The highest BCUT2D eigenvalue weighted by Crippen LogP contribution is 2.29. The van der Waals surface area contributed by atoms with E-state index in [0.717, 1.165) is 74.3 Å². The molecule has 200 valence electrons. The lowest BCUT2D eigenvalue weighted by Crippen LogP contribution is -2.23. The van der Waals surface area contributed by atoms with Crippen LogP contribution in [0.15, 0.2) is 35.3 Å². The lowest BCUT2D eigenvalue weighted by Gasteiger charge is -2.23. The monoisotopic (exact) mass is 507 g/mol. The van der Waals surface area contributed by atoms with Gasteiger partial charge in [-0.05, 0) is 88.5 Å². The summed E-state index contributed by atoms with van der Waals surface area (Å²) >= 11 is 0. The van der Waals surface area contributed by atoms with Crippen LogP contribution in [0.2, 0.25) is 0 Å². The molecule has 4 rings (SSSR count). The average Bonchev–Trinajstić information content (AvgIpc) is 3.21. The molecule has 0 radical (unpaired) electrons. The van der Waals surface area contributed by atoms with Crippen molar-refractivity contribution in [1.82, 2.24) is 14.5 Å². The van der Waals surface area contributed by atoms with Gasteiger partial charge in [0, 0.05) is 37.1 Å². The standard InChI is InChI=1S/C30H41N3O4/c1-19(2)14-24(30(35)37-20(3)4)8-6-22-7-9-27-26(16-22)32-28(25-15-21(5)29(34)31-17-25)33(27)18-23-10-12-36-13-11-23/h7,9,15-17,19-20,23-24H,6,8,10-14,18H2,1-5H3,(H,31,34)/t24-/m0/s1. The van der Waals surface area contributed by atoms with E-state index in [4.69, 9.17) is 14.5 Å². The van der Waals surface area contributed by atoms with Gasteiger partial charge in [-0.2, -0.15) is 0 Å². The number of aromatic nitrogens is 3. The van der Waals surface area contributed by atoms with Gasteiger partial charge in [-0.25, -0.2) is 4.98 Å². The van der Waals surface area contributed by atoms with Crippen LogP contribution in [-0.2, 0) is 27.2 Å². The van der Waals surface area contributed by atoms with Crippen molar-refractivity contribution in [3.05, 3.63) is 51.9 Å². The molecule has 3 heterocycles. The normalized spacial score (nSPS) is 15.5. The maximum atomic E-state index is 12.7. The number of carbonyl (C=O) groups excluding carboxylic acids is 1. The Kier molecular flexibility index (Phi) is 8.85. The third kappa shape index (κ3) is 6.89. The van der Waals surface area contributed by atoms with E-state index in [9.17, 15) is 9.59 Å². The number of aryl methyl sites for hydroxylation is 2. The van der Waals surface area contributed by atoms with Crippen LogP contribution in [-0.4, -0.2) is 39.8 Å². The summed E-state index contributed by atoms with van der Waals surface area (Å²) in [6, 6.07) is 8.38. The average molecular weight is 508 g/mol. The van der Waals surface area contributed by atoms with Gasteiger partial charge in [0.15, 0.2) is 0 Å². The minimum atomic E-state index is -0.108. The fourth-order valence-corrected chi connectivity index (χ4v) is 5.22. The van der Waals surface area contributed by atoms with Crippen LogP contribution < -0.4 is 5.56 Å². The van der Waals surface area contributed by atoms with Crippen molar-refractivity contribution in [3.63, 3.8) is 0 Å². The second-order valence-electron chi connectivity index (χ2n) is 11.2. The van der Waals surface area contributed by atoms with Crippen molar-refractivity contribution >= 4 is 17.0 Å². The van der Waals surface area contributed by atoms with Crippen LogP contribution >= 0.6 is 0 Å². The van der Waals surface area contributed by atoms with Crippen molar-refractivity contribution in [2.75, 3.05) is 13.2 Å². The third-order valence-electron chi connectivity index (χ3n) is 7.16. The molecule has 1 aromatic carbocycles. The largest absolute Gasteiger partial charge is 0.463 e. The minimum absolute atomic E-state index is 0.0786. The molecule has 1 atom stereocenters. The summed E-state index contributed by atoms with van der Waals surface area (Å²) in [5.41, 5.74) is 4.70. The van der Waals surface area contributed by atoms with Gasteiger partial charge in [0.05, 0.1) is 23.1 Å². The van der Waals surface area contributed by atoms with Gasteiger partial charge in [0.2, 0.25) is 0 Å². The molecule has 7 heteroatoms. The van der Waals surface area contributed by atoms with E-state index in [1.165, 1.54) is 5.56 Å². The molecule has 3 aromatic rings. The molecule has 0 bridgehead atoms. The summed E-state index contributed by atoms with van der Waals surface area (Å²) in [7, 11) is 0. The van der Waals surface area contributed by atoms with E-state index >= 15 is 0 Å². The van der Waals surface area contributed by atoms with Crippen LogP contribution in [0, 0.1) is 24.7 Å². The van der Waals surface area contributed by atoms with Gasteiger partial charge >= 0.3 is 5.97 Å². The molecular weight excluding hydrogens is 466 g/mol. The molecule has 1 N–H and O–H groups in total. The summed E-state index contributed by atoms with van der Waals surface area (Å²) in [4.78, 5) is 32.6. The predicted octanol–water partition coefficient (Wildman–Crippen LogP) is 5.67. The van der Waals surface area contributed by atoms with Crippen LogP contribution in [0.4, 0.5) is 0 Å². The van der Waals surface area contributed by atoms with Crippen LogP contribution in [0.5, 0.6) is 0 Å². The summed E-state index contributed by atoms with van der Waals surface area (Å²) in [6.07, 6.45) is 6.09. The number of nitrogens with one attached hydrogen (secondary N) is 1. The van der Waals surface area contributed by atoms with E-state index < -0.39 is 0 Å². The first-order chi connectivity index (χ1) is 17.7. The van der Waals surface area contributed by atoms with E-state index in [1.54, 1.807) is 6.20 Å². The highest BCUT2D eigenvalue weighted by molar-refractivity contribution is 5.81. The van der Waals surface area contributed by atoms with Crippen molar-refractivity contribution < 1.29 is 14.3 Å². The Bertz CT molecular complexity index is 1270. The number of nitrogens with zero attached hydrogens (tertiary/aromatic N) is 2. The minimum Gasteiger partial charge on any atom is -0.463 e. The molecule has 0 spiro atoms. The predicted molar refractivity (Wildman–Crippen MR) is 147 cm³/mol. The Labute approximate surface area is 219 Å². The Morgan fingerprint density at radius 2 is 1.95 bits per heavy atom. The highest BCUT2D eigenvalue weighted by Gasteiger charge is 2.23. The molecule has 2 aromatic heterocycles. The number of hydrogen-bond acceptors (Lipinski definition) is 5. The number of hydrogen-bond donors (Lipinski definition) is 1. The number of imidazole rings is 1. The zero-order chi connectivity index (χ0) is 26.5. The first kappa shape index (κ1) is 27.1.